The zero-order valence-electron chi connectivity index (χ0n) is 17.6. The van der Waals surface area contributed by atoms with E-state index in [0.717, 1.165) is 25.7 Å². The average Bonchev–Trinajstić information content (AvgIpc) is 2.85. The first-order valence-electron chi connectivity index (χ1n) is 10.1. The number of aryl methyl sites for hydroxylation is 1. The topological polar surface area (TPSA) is 127 Å². The molecule has 164 valence electrons. The molecule has 0 radical (unpaired) electrons. The van der Waals surface area contributed by atoms with E-state index in [1.54, 1.807) is 25.3 Å². The van der Waals surface area contributed by atoms with Crippen LogP contribution in [0.25, 0.3) is 0 Å². The van der Waals surface area contributed by atoms with E-state index in [1.807, 2.05) is 11.8 Å². The normalized spacial score (nSPS) is 18.0. The van der Waals surface area contributed by atoms with Gasteiger partial charge < -0.3 is 20.1 Å². The second-order valence-electron chi connectivity index (χ2n) is 8.35. The van der Waals surface area contributed by atoms with Crippen LogP contribution in [-0.2, 0) is 16.0 Å². The van der Waals surface area contributed by atoms with Gasteiger partial charge in [0, 0.05) is 25.6 Å². The molecule has 10 nitrogen and oxygen atoms in total. The van der Waals surface area contributed by atoms with Crippen molar-refractivity contribution >= 4 is 12.1 Å². The van der Waals surface area contributed by atoms with E-state index in [2.05, 4.69) is 10.5 Å². The highest BCUT2D eigenvalue weighted by atomic mass is 16.6. The lowest BCUT2D eigenvalue weighted by molar-refractivity contribution is -0.140. The summed E-state index contributed by atoms with van der Waals surface area (Å²) in [6, 6.07) is -1.12. The number of nitrogens with zero attached hydrogens (tertiary/aromatic N) is 3. The molecule has 0 fully saturated rings. The lowest BCUT2D eigenvalue weighted by Gasteiger charge is -2.27. The summed E-state index contributed by atoms with van der Waals surface area (Å²) in [5.41, 5.74) is -0.708. The van der Waals surface area contributed by atoms with Crippen LogP contribution >= 0.6 is 0 Å². The molecule has 2 heterocycles. The fourth-order valence-corrected chi connectivity index (χ4v) is 3.48. The third-order valence-corrected chi connectivity index (χ3v) is 4.91. The summed E-state index contributed by atoms with van der Waals surface area (Å²) >= 11 is 0. The largest absolute Gasteiger partial charge is 0.480 e. The number of carbonyl (C=O) groups excluding carboxylic acids is 1. The van der Waals surface area contributed by atoms with Crippen molar-refractivity contribution in [1.29, 1.82) is 0 Å². The Bertz CT molecular complexity index is 751. The molecule has 1 amide bonds. The number of carboxylic acids is 1. The van der Waals surface area contributed by atoms with Crippen molar-refractivity contribution in [1.82, 2.24) is 19.9 Å². The number of alkyl carbamates (subject to hydrolysis) is 1. The number of hydrogen-bond donors (Lipinski definition) is 2. The van der Waals surface area contributed by atoms with Crippen LogP contribution in [0.2, 0.25) is 0 Å². The van der Waals surface area contributed by atoms with Crippen LogP contribution in [-0.4, -0.2) is 63.1 Å². The fraction of sp³-hybridized carbons (Fsp3) is 0.789. The Labute approximate surface area is 170 Å². The average molecular weight is 412 g/mol. The molecular weight excluding hydrogens is 380 g/mol. The van der Waals surface area contributed by atoms with Gasteiger partial charge in [-0.3, -0.25) is 9.09 Å². The Balaban J connectivity index is 1.98. The summed E-state index contributed by atoms with van der Waals surface area (Å²) in [6.45, 7) is 8.41. The summed E-state index contributed by atoms with van der Waals surface area (Å²) in [5.74, 6) is -0.887. The predicted molar refractivity (Wildman–Crippen MR) is 105 cm³/mol. The second kappa shape index (κ2) is 9.91. The summed E-state index contributed by atoms with van der Waals surface area (Å²) in [7, 11) is 0. The minimum Gasteiger partial charge on any atom is -0.480 e. The second-order valence-corrected chi connectivity index (χ2v) is 8.35. The van der Waals surface area contributed by atoms with E-state index in [1.165, 1.54) is 0 Å². The molecule has 2 rings (SSSR count). The summed E-state index contributed by atoms with van der Waals surface area (Å²) in [5, 5.41) is 15.8. The molecule has 0 bridgehead atoms. The molecule has 0 aliphatic carbocycles. The van der Waals surface area contributed by atoms with Crippen LogP contribution in [0.15, 0.2) is 9.32 Å². The van der Waals surface area contributed by atoms with E-state index in [9.17, 15) is 19.5 Å². The van der Waals surface area contributed by atoms with Crippen LogP contribution < -0.4 is 11.1 Å². The number of aliphatic carboxylic acids is 1. The molecule has 29 heavy (non-hydrogen) atoms. The van der Waals surface area contributed by atoms with Gasteiger partial charge in [0.2, 0.25) is 0 Å². The van der Waals surface area contributed by atoms with E-state index in [0.29, 0.717) is 25.3 Å². The molecule has 10 heteroatoms. The first kappa shape index (κ1) is 22.9. The monoisotopic (exact) mass is 412 g/mol. The number of aromatic nitrogens is 2. The predicted octanol–water partition coefficient (Wildman–Crippen LogP) is 1.79. The Hall–Kier alpha value is -2.36. The van der Waals surface area contributed by atoms with Crippen molar-refractivity contribution in [2.24, 2.45) is 0 Å². The lowest BCUT2D eigenvalue weighted by atomic mass is 10.1. The highest BCUT2D eigenvalue weighted by molar-refractivity contribution is 5.80. The molecule has 2 unspecified atom stereocenters. The number of nitrogens with one attached hydrogen (secondary N) is 1. The quantitative estimate of drug-likeness (QED) is 0.662. The Morgan fingerprint density at radius 3 is 2.76 bits per heavy atom. The van der Waals surface area contributed by atoms with Crippen molar-refractivity contribution in [3.05, 3.63) is 16.4 Å². The van der Waals surface area contributed by atoms with Gasteiger partial charge >= 0.3 is 17.8 Å². The summed E-state index contributed by atoms with van der Waals surface area (Å²) < 4.78 is 11.6. The number of carboxylic acid groups (broad SMARTS) is 1. The van der Waals surface area contributed by atoms with Crippen LogP contribution in [0.4, 0.5) is 4.79 Å². The zero-order valence-corrected chi connectivity index (χ0v) is 17.6. The molecule has 0 saturated heterocycles. The van der Waals surface area contributed by atoms with Crippen molar-refractivity contribution < 1.29 is 24.0 Å². The van der Waals surface area contributed by atoms with Gasteiger partial charge in [-0.1, -0.05) is 18.5 Å². The Morgan fingerprint density at radius 2 is 2.14 bits per heavy atom. The summed E-state index contributed by atoms with van der Waals surface area (Å²) in [4.78, 5) is 37.5. The number of likely N-dealkylation sites (N-methyl/N-ethyl adjacent to an activating group) is 1. The molecule has 2 atom stereocenters. The number of amides is 1. The number of carbonyl (C=O) groups is 2. The number of fused-ring (bicyclic) bond motifs is 1. The van der Waals surface area contributed by atoms with Crippen molar-refractivity contribution in [2.45, 2.75) is 77.5 Å². The van der Waals surface area contributed by atoms with E-state index in [4.69, 9.17) is 9.26 Å². The van der Waals surface area contributed by atoms with Gasteiger partial charge in [-0.2, -0.15) is 0 Å². The molecule has 1 aromatic rings. The molecule has 0 saturated carbocycles. The number of ether oxygens (including phenoxy) is 1. The minimum absolute atomic E-state index is 0.0256. The highest BCUT2D eigenvalue weighted by Gasteiger charge is 2.27. The molecule has 0 aromatic carbocycles. The van der Waals surface area contributed by atoms with Gasteiger partial charge in [-0.15, -0.1) is 0 Å². The van der Waals surface area contributed by atoms with Crippen molar-refractivity contribution in [3.8, 4) is 0 Å². The molecule has 2 N–H and O–H groups in total. The smallest absolute Gasteiger partial charge is 0.441 e. The first-order chi connectivity index (χ1) is 13.6. The van der Waals surface area contributed by atoms with Gasteiger partial charge in [0.15, 0.2) is 5.82 Å². The van der Waals surface area contributed by atoms with Gasteiger partial charge in [0.05, 0.1) is 0 Å². The van der Waals surface area contributed by atoms with Crippen molar-refractivity contribution in [2.75, 3.05) is 19.6 Å². The van der Waals surface area contributed by atoms with E-state index < -0.39 is 29.5 Å². The first-order valence-corrected chi connectivity index (χ1v) is 10.1. The van der Waals surface area contributed by atoms with Crippen LogP contribution in [0.5, 0.6) is 0 Å². The zero-order chi connectivity index (χ0) is 21.6. The molecule has 0 spiro atoms. The van der Waals surface area contributed by atoms with Crippen LogP contribution in [0.1, 0.15) is 65.2 Å². The maximum absolute atomic E-state index is 12.0. The standard InChI is InChI=1S/C19H32N4O6/c1-5-22(12-14(16(24)25)20-17(26)28-19(2,3)4)11-10-13-8-6-7-9-15-21-29-18(27)23(13)15/h13-14H,5-12H2,1-4H3,(H,20,26)(H,24,25). The Kier molecular flexibility index (Phi) is 7.83. The minimum atomic E-state index is -1.12. The van der Waals surface area contributed by atoms with Crippen LogP contribution in [0, 0.1) is 0 Å². The number of hydrogen-bond acceptors (Lipinski definition) is 7. The van der Waals surface area contributed by atoms with Gasteiger partial charge in [-0.25, -0.2) is 14.4 Å². The third kappa shape index (κ3) is 6.88. The lowest BCUT2D eigenvalue weighted by Crippen LogP contribution is -2.50. The highest BCUT2D eigenvalue weighted by Crippen LogP contribution is 2.24. The maximum atomic E-state index is 12.0. The SMILES string of the molecule is CCN(CCC1CCCCc2noc(=O)n21)CC(NC(=O)OC(C)(C)C)C(=O)O. The van der Waals surface area contributed by atoms with Crippen LogP contribution in [0.3, 0.4) is 0 Å². The van der Waals surface area contributed by atoms with Gasteiger partial charge in [0.1, 0.15) is 11.6 Å². The van der Waals surface area contributed by atoms with Gasteiger partial charge in [-0.05, 0) is 46.6 Å². The van der Waals surface area contributed by atoms with E-state index >= 15 is 0 Å². The molecule has 1 aromatic heterocycles. The fourth-order valence-electron chi connectivity index (χ4n) is 3.48. The maximum Gasteiger partial charge on any atom is 0.441 e. The summed E-state index contributed by atoms with van der Waals surface area (Å²) in [6.07, 6.45) is 3.44. The molecule has 1 aliphatic heterocycles. The molecule has 1 aliphatic rings. The third-order valence-electron chi connectivity index (χ3n) is 4.91. The van der Waals surface area contributed by atoms with Gasteiger partial charge in [0.25, 0.3) is 0 Å². The van der Waals surface area contributed by atoms with E-state index in [-0.39, 0.29) is 12.6 Å². The Morgan fingerprint density at radius 1 is 1.41 bits per heavy atom. The van der Waals surface area contributed by atoms with Crippen molar-refractivity contribution in [3.63, 3.8) is 0 Å². The molecular formula is C19H32N4O6. The number of rotatable bonds is 8.